The zero-order valence-electron chi connectivity index (χ0n) is 10.4. The summed E-state index contributed by atoms with van der Waals surface area (Å²) < 4.78 is 0. The first-order chi connectivity index (χ1) is 9.10. The summed E-state index contributed by atoms with van der Waals surface area (Å²) in [5.41, 5.74) is 1.96. The van der Waals surface area contributed by atoms with E-state index in [-0.39, 0.29) is 0 Å². The number of benzene rings is 1. The highest BCUT2D eigenvalue weighted by Gasteiger charge is 2.26. The van der Waals surface area contributed by atoms with Gasteiger partial charge in [-0.3, -0.25) is 9.59 Å². The Morgan fingerprint density at radius 2 is 2.00 bits per heavy atom. The summed E-state index contributed by atoms with van der Waals surface area (Å²) in [6.45, 7) is 1.49. The van der Waals surface area contributed by atoms with E-state index in [4.69, 9.17) is 5.39 Å². The lowest BCUT2D eigenvalue weighted by atomic mass is 9.96. The number of rotatable bonds is 0. The molecule has 7 heteroatoms. The number of likely N-dealkylation sites (N-methyl/N-ethyl adjacent to an activating group) is 1. The molecule has 0 fully saturated rings. The predicted octanol–water partition coefficient (Wildman–Crippen LogP) is 0.689. The number of nitrogens with one attached hydrogen (secondary N) is 2. The third-order valence-corrected chi connectivity index (χ3v) is 3.50. The zero-order valence-corrected chi connectivity index (χ0v) is 10.4. The van der Waals surface area contributed by atoms with E-state index in [1.54, 1.807) is 6.07 Å². The van der Waals surface area contributed by atoms with Gasteiger partial charge in [0, 0.05) is 18.7 Å². The van der Waals surface area contributed by atoms with E-state index in [0.717, 1.165) is 24.1 Å². The second-order valence-corrected chi connectivity index (χ2v) is 4.77. The number of nitrogens with zero attached hydrogens (tertiary/aromatic N) is 3. The maximum absolute atomic E-state index is 11.5. The van der Waals surface area contributed by atoms with Gasteiger partial charge in [-0.05, 0) is 13.5 Å². The highest BCUT2D eigenvalue weighted by Crippen LogP contribution is 2.32. The molecule has 0 atom stereocenters. The van der Waals surface area contributed by atoms with Crippen LogP contribution in [0.3, 0.4) is 0 Å². The van der Waals surface area contributed by atoms with E-state index in [1.807, 2.05) is 7.05 Å². The Morgan fingerprint density at radius 1 is 1.26 bits per heavy atom. The molecule has 0 aliphatic carbocycles. The number of hydrogen-bond acceptors (Lipinski definition) is 4. The van der Waals surface area contributed by atoms with Crippen molar-refractivity contribution in [2.45, 2.75) is 13.0 Å². The smallest absolute Gasteiger partial charge is 0.316 e. The normalized spacial score (nSPS) is 15.2. The average molecular weight is 258 g/mol. The molecule has 0 spiro atoms. The third kappa shape index (κ3) is 1.73. The fourth-order valence-corrected chi connectivity index (χ4v) is 2.55. The first-order valence-electron chi connectivity index (χ1n) is 5.95. The number of aromatic nitrogens is 2. The van der Waals surface area contributed by atoms with Crippen LogP contribution in [0.15, 0.2) is 15.7 Å². The van der Waals surface area contributed by atoms with Crippen molar-refractivity contribution in [3.05, 3.63) is 42.9 Å². The topological polar surface area (TPSA) is 97.1 Å². The van der Waals surface area contributed by atoms with Crippen molar-refractivity contribution >= 4 is 16.7 Å². The Kier molecular flexibility index (Phi) is 2.47. The molecule has 0 saturated carbocycles. The summed E-state index contributed by atoms with van der Waals surface area (Å²) in [7, 11) is 1.97. The van der Waals surface area contributed by atoms with Crippen molar-refractivity contribution in [1.29, 1.82) is 5.39 Å². The lowest BCUT2D eigenvalue weighted by Crippen LogP contribution is -2.31. The molecule has 1 aliphatic rings. The van der Waals surface area contributed by atoms with Crippen molar-refractivity contribution in [1.82, 2.24) is 14.9 Å². The fraction of sp³-hybridized carbons (Fsp3) is 0.333. The highest BCUT2D eigenvalue weighted by atomic mass is 16.2. The summed E-state index contributed by atoms with van der Waals surface area (Å²) in [5.74, 6) is 0. The second-order valence-electron chi connectivity index (χ2n) is 4.77. The quantitative estimate of drug-likeness (QED) is 0.536. The molecule has 1 aromatic heterocycles. The maximum Gasteiger partial charge on any atom is 0.390 e. The summed E-state index contributed by atoms with van der Waals surface area (Å²) in [5, 5.41) is 9.09. The Bertz CT molecular complexity index is 827. The molecule has 0 bridgehead atoms. The van der Waals surface area contributed by atoms with Crippen LogP contribution in [0.25, 0.3) is 16.0 Å². The summed E-state index contributed by atoms with van der Waals surface area (Å²) in [4.78, 5) is 33.3. The third-order valence-electron chi connectivity index (χ3n) is 3.50. The van der Waals surface area contributed by atoms with Crippen LogP contribution in [0, 0.1) is 5.39 Å². The molecule has 19 heavy (non-hydrogen) atoms. The zero-order chi connectivity index (χ0) is 13.6. The van der Waals surface area contributed by atoms with Gasteiger partial charge in [-0.15, -0.1) is 0 Å². The Hall–Kier alpha value is -2.46. The number of H-pyrrole nitrogens is 2. The van der Waals surface area contributed by atoms with Gasteiger partial charge in [-0.1, -0.05) is 0 Å². The second kappa shape index (κ2) is 4.03. The fourth-order valence-electron chi connectivity index (χ4n) is 2.55. The first kappa shape index (κ1) is 11.6. The maximum atomic E-state index is 11.5. The standard InChI is InChI=1S/C12H11N5O2/c1-17-3-2-6-7(5-17)10-9(4-8(6)16-13)14-11(18)12(19)15-10/h4,13H,2-3,5H2,1H3/p+1. The van der Waals surface area contributed by atoms with Crippen LogP contribution in [0.1, 0.15) is 11.1 Å². The van der Waals surface area contributed by atoms with Crippen molar-refractivity contribution in [2.24, 2.45) is 0 Å². The molecule has 2 heterocycles. The Labute approximate surface area is 107 Å². The Balaban J connectivity index is 2.45. The van der Waals surface area contributed by atoms with Gasteiger partial charge in [-0.25, -0.2) is 0 Å². The molecule has 1 aliphatic heterocycles. The summed E-state index contributed by atoms with van der Waals surface area (Å²) >= 11 is 0. The van der Waals surface area contributed by atoms with E-state index in [2.05, 4.69) is 19.8 Å². The van der Waals surface area contributed by atoms with Gasteiger partial charge in [0.15, 0.2) is 4.98 Å². The molecule has 0 saturated heterocycles. The van der Waals surface area contributed by atoms with E-state index < -0.39 is 11.1 Å². The predicted molar refractivity (Wildman–Crippen MR) is 70.0 cm³/mol. The van der Waals surface area contributed by atoms with Crippen LogP contribution in [-0.4, -0.2) is 28.5 Å². The molecular weight excluding hydrogens is 246 g/mol. The molecule has 2 aromatic rings. The summed E-state index contributed by atoms with van der Waals surface area (Å²) in [6, 6.07) is 1.58. The van der Waals surface area contributed by atoms with E-state index >= 15 is 0 Å². The highest BCUT2D eigenvalue weighted by molar-refractivity contribution is 5.85. The molecule has 1 aromatic carbocycles. The van der Waals surface area contributed by atoms with Crippen LogP contribution in [0.5, 0.6) is 0 Å². The molecule has 2 N–H and O–H groups in total. The molecular formula is C12H12N5O2+. The lowest BCUT2D eigenvalue weighted by Gasteiger charge is -2.24. The molecule has 96 valence electrons. The van der Waals surface area contributed by atoms with Crippen molar-refractivity contribution in [3.8, 4) is 0 Å². The minimum atomic E-state index is -0.708. The van der Waals surface area contributed by atoms with E-state index in [0.29, 0.717) is 23.3 Å². The van der Waals surface area contributed by atoms with Gasteiger partial charge >= 0.3 is 16.8 Å². The van der Waals surface area contributed by atoms with Crippen molar-refractivity contribution in [2.75, 3.05) is 13.6 Å². The average Bonchev–Trinajstić information content (AvgIpc) is 2.39. The van der Waals surface area contributed by atoms with Gasteiger partial charge in [0.2, 0.25) is 5.39 Å². The summed E-state index contributed by atoms with van der Waals surface area (Å²) in [6.07, 6.45) is 0.738. The van der Waals surface area contributed by atoms with Gasteiger partial charge < -0.3 is 14.9 Å². The SMILES string of the molecule is CN1CCc2c([N+]#N)cc3[nH]c(=O)c(=O)[nH]c3c2C1. The Morgan fingerprint density at radius 3 is 2.74 bits per heavy atom. The number of fused-ring (bicyclic) bond motifs is 3. The van der Waals surface area contributed by atoms with Gasteiger partial charge in [-0.2, -0.15) is 0 Å². The number of diazo groups is 1. The monoisotopic (exact) mass is 258 g/mol. The number of hydrogen-bond donors (Lipinski definition) is 2. The van der Waals surface area contributed by atoms with Crippen LogP contribution in [0.4, 0.5) is 5.69 Å². The van der Waals surface area contributed by atoms with Crippen molar-refractivity contribution < 1.29 is 0 Å². The molecule has 7 nitrogen and oxygen atoms in total. The molecule has 0 radical (unpaired) electrons. The molecule has 0 unspecified atom stereocenters. The van der Waals surface area contributed by atoms with Gasteiger partial charge in [0.1, 0.15) is 0 Å². The van der Waals surface area contributed by atoms with Crippen LogP contribution >= 0.6 is 0 Å². The first-order valence-corrected chi connectivity index (χ1v) is 5.95. The lowest BCUT2D eigenvalue weighted by molar-refractivity contribution is 0.314. The van der Waals surface area contributed by atoms with E-state index in [9.17, 15) is 9.59 Å². The number of aromatic amines is 2. The molecule has 0 amide bonds. The van der Waals surface area contributed by atoms with Gasteiger partial charge in [0.25, 0.3) is 0 Å². The minimum absolute atomic E-state index is 0.443. The minimum Gasteiger partial charge on any atom is -0.316 e. The van der Waals surface area contributed by atoms with Gasteiger partial charge in [0.05, 0.1) is 22.7 Å². The largest absolute Gasteiger partial charge is 0.390 e. The van der Waals surface area contributed by atoms with Crippen LogP contribution in [-0.2, 0) is 13.0 Å². The van der Waals surface area contributed by atoms with E-state index in [1.165, 1.54) is 0 Å². The van der Waals surface area contributed by atoms with Crippen molar-refractivity contribution in [3.63, 3.8) is 0 Å². The van der Waals surface area contributed by atoms with Crippen LogP contribution < -0.4 is 11.1 Å². The van der Waals surface area contributed by atoms with Crippen LogP contribution in [0.2, 0.25) is 0 Å². The molecule has 3 rings (SSSR count).